The maximum absolute atomic E-state index is 7.32. The molecule has 2 nitrogen and oxygen atoms in total. The molecule has 1 N–H and O–H groups in total. The van der Waals surface area contributed by atoms with E-state index in [1.54, 1.807) is 0 Å². The number of hydrogen-bond donors (Lipinski definition) is 1. The lowest BCUT2D eigenvalue weighted by atomic mass is 10.1. The van der Waals surface area contributed by atoms with Crippen molar-refractivity contribution < 1.29 is 4.74 Å². The van der Waals surface area contributed by atoms with Crippen LogP contribution in [0.2, 0.25) is 0 Å². The third kappa shape index (κ3) is 2.38. The fourth-order valence-electron chi connectivity index (χ4n) is 1.08. The minimum Gasteiger partial charge on any atom is -0.484 e. The van der Waals surface area contributed by atoms with Crippen LogP contribution in [0.15, 0.2) is 24.3 Å². The summed E-state index contributed by atoms with van der Waals surface area (Å²) in [5.41, 5.74) is 2.35. The Hall–Kier alpha value is -1.31. The van der Waals surface area contributed by atoms with Gasteiger partial charge in [0.25, 0.3) is 0 Å². The maximum Gasteiger partial charge on any atom is 0.184 e. The van der Waals surface area contributed by atoms with Gasteiger partial charge in [-0.15, -0.1) is 0 Å². The van der Waals surface area contributed by atoms with Gasteiger partial charge in [-0.2, -0.15) is 0 Å². The number of hydrogen-bond acceptors (Lipinski definition) is 2. The highest BCUT2D eigenvalue weighted by Crippen LogP contribution is 2.04. The molecule has 12 heavy (non-hydrogen) atoms. The first-order valence-electron chi connectivity index (χ1n) is 3.89. The number of methoxy groups -OCH3 is 1. The van der Waals surface area contributed by atoms with E-state index >= 15 is 0 Å². The Morgan fingerprint density at radius 2 is 2.25 bits per heavy atom. The van der Waals surface area contributed by atoms with Gasteiger partial charge in [0.2, 0.25) is 0 Å². The van der Waals surface area contributed by atoms with Gasteiger partial charge in [-0.1, -0.05) is 29.8 Å². The van der Waals surface area contributed by atoms with E-state index in [2.05, 4.69) is 6.07 Å². The standard InChI is InChI=1S/C10H13NO/c1-8-4-3-5-9(6-8)7-10(11)12-2/h3-6,11H,7H2,1-2H3. The van der Waals surface area contributed by atoms with Crippen LogP contribution in [0.3, 0.4) is 0 Å². The minimum absolute atomic E-state index is 0.306. The molecule has 0 atom stereocenters. The lowest BCUT2D eigenvalue weighted by molar-refractivity contribution is 0.390. The Labute approximate surface area is 72.7 Å². The third-order valence-corrected chi connectivity index (χ3v) is 1.69. The summed E-state index contributed by atoms with van der Waals surface area (Å²) in [6.07, 6.45) is 0.582. The first-order chi connectivity index (χ1) is 5.72. The highest BCUT2D eigenvalue weighted by molar-refractivity contribution is 5.75. The second-order valence-electron chi connectivity index (χ2n) is 2.79. The Balaban J connectivity index is 2.69. The van der Waals surface area contributed by atoms with Gasteiger partial charge in [0.15, 0.2) is 5.90 Å². The zero-order valence-electron chi connectivity index (χ0n) is 7.42. The highest BCUT2D eigenvalue weighted by Gasteiger charge is 1.97. The van der Waals surface area contributed by atoms with E-state index in [-0.39, 0.29) is 0 Å². The predicted octanol–water partition coefficient (Wildman–Crippen LogP) is 2.16. The van der Waals surface area contributed by atoms with Gasteiger partial charge in [0.1, 0.15) is 0 Å². The van der Waals surface area contributed by atoms with Gasteiger partial charge in [-0.25, -0.2) is 0 Å². The zero-order chi connectivity index (χ0) is 8.97. The first kappa shape index (κ1) is 8.78. The summed E-state index contributed by atoms with van der Waals surface area (Å²) in [6, 6.07) is 8.10. The normalized spacial score (nSPS) is 9.50. The van der Waals surface area contributed by atoms with Crippen molar-refractivity contribution in [1.82, 2.24) is 0 Å². The molecule has 0 amide bonds. The molecule has 0 aromatic heterocycles. The Kier molecular flexibility index (Phi) is 2.86. The monoisotopic (exact) mass is 163 g/mol. The quantitative estimate of drug-likeness (QED) is 0.526. The molecule has 0 radical (unpaired) electrons. The molecule has 1 rings (SSSR count). The van der Waals surface area contributed by atoms with Gasteiger partial charge in [0, 0.05) is 6.42 Å². The molecule has 0 saturated heterocycles. The van der Waals surface area contributed by atoms with Crippen molar-refractivity contribution in [1.29, 1.82) is 5.41 Å². The Morgan fingerprint density at radius 1 is 1.50 bits per heavy atom. The van der Waals surface area contributed by atoms with Crippen LogP contribution in [0, 0.1) is 12.3 Å². The molecule has 1 aromatic carbocycles. The molecule has 0 heterocycles. The van der Waals surface area contributed by atoms with Gasteiger partial charge in [-0.3, -0.25) is 5.41 Å². The summed E-state index contributed by atoms with van der Waals surface area (Å²) in [7, 11) is 1.53. The smallest absolute Gasteiger partial charge is 0.184 e. The van der Waals surface area contributed by atoms with E-state index in [4.69, 9.17) is 10.1 Å². The number of nitrogens with one attached hydrogen (secondary N) is 1. The zero-order valence-corrected chi connectivity index (χ0v) is 7.42. The van der Waals surface area contributed by atoms with Gasteiger partial charge >= 0.3 is 0 Å². The number of aryl methyl sites for hydroxylation is 1. The first-order valence-corrected chi connectivity index (χ1v) is 3.89. The lowest BCUT2D eigenvalue weighted by Crippen LogP contribution is -2.03. The Bertz CT molecular complexity index is 281. The molecule has 0 aliphatic rings. The molecule has 0 fully saturated rings. The van der Waals surface area contributed by atoms with Crippen LogP contribution in [0.4, 0.5) is 0 Å². The van der Waals surface area contributed by atoms with Crippen LogP contribution in [0.25, 0.3) is 0 Å². The molecule has 2 heteroatoms. The van der Waals surface area contributed by atoms with Crippen LogP contribution in [-0.2, 0) is 11.2 Å². The molecule has 64 valence electrons. The van der Waals surface area contributed by atoms with Crippen LogP contribution >= 0.6 is 0 Å². The van der Waals surface area contributed by atoms with E-state index in [9.17, 15) is 0 Å². The Morgan fingerprint density at radius 3 is 2.83 bits per heavy atom. The van der Waals surface area contributed by atoms with Crippen molar-refractivity contribution in [2.45, 2.75) is 13.3 Å². The van der Waals surface area contributed by atoms with Crippen molar-refractivity contribution in [3.63, 3.8) is 0 Å². The number of benzene rings is 1. The van der Waals surface area contributed by atoms with E-state index in [0.29, 0.717) is 12.3 Å². The fraction of sp³-hybridized carbons (Fsp3) is 0.300. The van der Waals surface area contributed by atoms with Crippen molar-refractivity contribution in [2.75, 3.05) is 7.11 Å². The molecule has 0 bridgehead atoms. The van der Waals surface area contributed by atoms with Crippen LogP contribution in [0.5, 0.6) is 0 Å². The second-order valence-corrected chi connectivity index (χ2v) is 2.79. The molecule has 0 saturated carbocycles. The second kappa shape index (κ2) is 3.90. The molecule has 0 unspecified atom stereocenters. The van der Waals surface area contributed by atoms with Crippen molar-refractivity contribution in [3.05, 3.63) is 35.4 Å². The number of rotatable bonds is 2. The van der Waals surface area contributed by atoms with Gasteiger partial charge < -0.3 is 4.74 Å². The topological polar surface area (TPSA) is 33.1 Å². The van der Waals surface area contributed by atoms with Gasteiger partial charge in [-0.05, 0) is 12.5 Å². The summed E-state index contributed by atoms with van der Waals surface area (Å²) in [5.74, 6) is 0.306. The van der Waals surface area contributed by atoms with E-state index < -0.39 is 0 Å². The average Bonchev–Trinajstić information content (AvgIpc) is 2.04. The minimum atomic E-state index is 0.306. The average molecular weight is 163 g/mol. The summed E-state index contributed by atoms with van der Waals surface area (Å²) in [4.78, 5) is 0. The molecular weight excluding hydrogens is 150 g/mol. The lowest BCUT2D eigenvalue weighted by Gasteiger charge is -2.02. The summed E-state index contributed by atoms with van der Waals surface area (Å²) < 4.78 is 4.78. The number of ether oxygens (including phenoxy) is 1. The largest absolute Gasteiger partial charge is 0.484 e. The highest BCUT2D eigenvalue weighted by atomic mass is 16.5. The van der Waals surface area contributed by atoms with Crippen molar-refractivity contribution in [2.24, 2.45) is 0 Å². The van der Waals surface area contributed by atoms with E-state index in [1.807, 2.05) is 25.1 Å². The fourth-order valence-corrected chi connectivity index (χ4v) is 1.08. The van der Waals surface area contributed by atoms with E-state index in [1.165, 1.54) is 12.7 Å². The molecule has 0 aliphatic carbocycles. The molecule has 0 spiro atoms. The molecular formula is C10H13NO. The van der Waals surface area contributed by atoms with E-state index in [0.717, 1.165) is 5.56 Å². The van der Waals surface area contributed by atoms with Crippen molar-refractivity contribution in [3.8, 4) is 0 Å². The summed E-state index contributed by atoms with van der Waals surface area (Å²) in [5, 5.41) is 7.32. The third-order valence-electron chi connectivity index (χ3n) is 1.69. The molecule has 0 aliphatic heterocycles. The SMILES string of the molecule is COC(=N)Cc1cccc(C)c1. The van der Waals surface area contributed by atoms with Crippen LogP contribution < -0.4 is 0 Å². The van der Waals surface area contributed by atoms with Gasteiger partial charge in [0.05, 0.1) is 7.11 Å². The summed E-state index contributed by atoms with van der Waals surface area (Å²) >= 11 is 0. The predicted molar refractivity (Wildman–Crippen MR) is 49.6 cm³/mol. The summed E-state index contributed by atoms with van der Waals surface area (Å²) in [6.45, 7) is 2.04. The van der Waals surface area contributed by atoms with Crippen molar-refractivity contribution >= 4 is 5.90 Å². The van der Waals surface area contributed by atoms with Crippen LogP contribution in [-0.4, -0.2) is 13.0 Å². The molecule has 1 aromatic rings. The maximum atomic E-state index is 7.32. The van der Waals surface area contributed by atoms with Crippen LogP contribution in [0.1, 0.15) is 11.1 Å².